The monoisotopic (exact) mass is 324 g/mol. The number of halogens is 1. The van der Waals surface area contributed by atoms with Gasteiger partial charge in [0.1, 0.15) is 0 Å². The van der Waals surface area contributed by atoms with Crippen LogP contribution in [0.15, 0.2) is 28.7 Å². The van der Waals surface area contributed by atoms with Crippen molar-refractivity contribution in [3.63, 3.8) is 0 Å². The van der Waals surface area contributed by atoms with E-state index in [4.69, 9.17) is 0 Å². The first kappa shape index (κ1) is 14.5. The molecule has 1 amide bonds. The normalized spacial score (nSPS) is 20.3. The van der Waals surface area contributed by atoms with Gasteiger partial charge in [0, 0.05) is 31.7 Å². The average molecular weight is 325 g/mol. The van der Waals surface area contributed by atoms with Crippen LogP contribution < -0.4 is 0 Å². The largest absolute Gasteiger partial charge is 0.349 e. The van der Waals surface area contributed by atoms with Crippen LogP contribution in [-0.4, -0.2) is 42.9 Å². The Morgan fingerprint density at radius 3 is 2.68 bits per heavy atom. The fraction of sp³-hybridized carbons (Fsp3) is 0.533. The van der Waals surface area contributed by atoms with Crippen molar-refractivity contribution in [2.75, 3.05) is 27.2 Å². The molecular formula is C15H21BrN2O. The van der Waals surface area contributed by atoms with Crippen molar-refractivity contribution in [2.24, 2.45) is 5.92 Å². The van der Waals surface area contributed by atoms with Crippen molar-refractivity contribution in [2.45, 2.75) is 19.4 Å². The van der Waals surface area contributed by atoms with Crippen LogP contribution in [0.25, 0.3) is 0 Å². The molecule has 0 radical (unpaired) electrons. The second kappa shape index (κ2) is 6.53. The molecule has 3 nitrogen and oxygen atoms in total. The molecule has 19 heavy (non-hydrogen) atoms. The number of carbonyl (C=O) groups excluding carboxylic acids is 1. The molecular weight excluding hydrogens is 304 g/mol. The Morgan fingerprint density at radius 2 is 2.05 bits per heavy atom. The number of piperidine rings is 1. The topological polar surface area (TPSA) is 23.6 Å². The minimum Gasteiger partial charge on any atom is -0.349 e. The number of hydrogen-bond acceptors (Lipinski definition) is 2. The van der Waals surface area contributed by atoms with Gasteiger partial charge in [0.15, 0.2) is 0 Å². The van der Waals surface area contributed by atoms with Gasteiger partial charge >= 0.3 is 0 Å². The van der Waals surface area contributed by atoms with Crippen LogP contribution in [0.5, 0.6) is 0 Å². The van der Waals surface area contributed by atoms with Gasteiger partial charge in [-0.3, -0.25) is 9.69 Å². The number of rotatable bonds is 3. The number of benzene rings is 1. The van der Waals surface area contributed by atoms with Crippen LogP contribution in [0.2, 0.25) is 0 Å². The van der Waals surface area contributed by atoms with Crippen LogP contribution in [0.4, 0.5) is 0 Å². The summed E-state index contributed by atoms with van der Waals surface area (Å²) in [6.45, 7) is 2.91. The van der Waals surface area contributed by atoms with E-state index in [0.717, 1.165) is 36.9 Å². The number of amides is 1. The van der Waals surface area contributed by atoms with Gasteiger partial charge < -0.3 is 4.90 Å². The first-order valence-corrected chi connectivity index (χ1v) is 7.53. The molecule has 1 aliphatic rings. The third kappa shape index (κ3) is 4.05. The lowest BCUT2D eigenvalue weighted by atomic mass is 9.96. The molecule has 2 rings (SSSR count). The van der Waals surface area contributed by atoms with E-state index in [9.17, 15) is 4.79 Å². The van der Waals surface area contributed by atoms with E-state index in [1.807, 2.05) is 14.1 Å². The highest BCUT2D eigenvalue weighted by atomic mass is 79.9. The predicted octanol–water partition coefficient (Wildman–Crippen LogP) is 2.75. The summed E-state index contributed by atoms with van der Waals surface area (Å²) in [5.41, 5.74) is 1.31. The molecule has 0 bridgehead atoms. The van der Waals surface area contributed by atoms with Crippen LogP contribution >= 0.6 is 15.9 Å². The molecule has 0 N–H and O–H groups in total. The zero-order valence-electron chi connectivity index (χ0n) is 11.6. The van der Waals surface area contributed by atoms with Gasteiger partial charge in [-0.2, -0.15) is 0 Å². The van der Waals surface area contributed by atoms with Gasteiger partial charge in [-0.1, -0.05) is 28.1 Å². The minimum atomic E-state index is 0.166. The summed E-state index contributed by atoms with van der Waals surface area (Å²) in [5, 5.41) is 0. The molecule has 0 aliphatic carbocycles. The Balaban J connectivity index is 1.94. The summed E-state index contributed by atoms with van der Waals surface area (Å²) < 4.78 is 1.11. The molecule has 1 fully saturated rings. The molecule has 1 aliphatic heterocycles. The van der Waals surface area contributed by atoms with Crippen LogP contribution in [-0.2, 0) is 11.3 Å². The number of likely N-dealkylation sites (tertiary alicyclic amines) is 1. The Bertz CT molecular complexity index is 430. The molecule has 1 aromatic carbocycles. The van der Waals surface area contributed by atoms with Crippen molar-refractivity contribution >= 4 is 21.8 Å². The quantitative estimate of drug-likeness (QED) is 0.853. The molecule has 1 saturated heterocycles. The maximum Gasteiger partial charge on any atom is 0.226 e. The van der Waals surface area contributed by atoms with E-state index in [-0.39, 0.29) is 11.8 Å². The van der Waals surface area contributed by atoms with Crippen molar-refractivity contribution in [1.82, 2.24) is 9.80 Å². The maximum atomic E-state index is 12.0. The van der Waals surface area contributed by atoms with E-state index >= 15 is 0 Å². The van der Waals surface area contributed by atoms with E-state index in [2.05, 4.69) is 45.1 Å². The van der Waals surface area contributed by atoms with E-state index < -0.39 is 0 Å². The van der Waals surface area contributed by atoms with Crippen molar-refractivity contribution in [3.05, 3.63) is 34.3 Å². The fourth-order valence-electron chi connectivity index (χ4n) is 2.61. The van der Waals surface area contributed by atoms with Crippen LogP contribution in [0, 0.1) is 5.92 Å². The Hall–Kier alpha value is -0.870. The van der Waals surface area contributed by atoms with Crippen molar-refractivity contribution < 1.29 is 4.79 Å². The van der Waals surface area contributed by atoms with Crippen LogP contribution in [0.3, 0.4) is 0 Å². The minimum absolute atomic E-state index is 0.166. The summed E-state index contributed by atoms with van der Waals surface area (Å²) in [6, 6.07) is 8.42. The third-order valence-electron chi connectivity index (χ3n) is 3.61. The first-order valence-electron chi connectivity index (χ1n) is 6.74. The summed E-state index contributed by atoms with van der Waals surface area (Å²) in [7, 11) is 3.69. The smallest absolute Gasteiger partial charge is 0.226 e. The van der Waals surface area contributed by atoms with Gasteiger partial charge in [-0.15, -0.1) is 0 Å². The molecule has 0 saturated carbocycles. The fourth-order valence-corrected chi connectivity index (χ4v) is 2.88. The van der Waals surface area contributed by atoms with Gasteiger partial charge in [0.25, 0.3) is 0 Å². The highest BCUT2D eigenvalue weighted by Crippen LogP contribution is 2.20. The van der Waals surface area contributed by atoms with Crippen LogP contribution in [0.1, 0.15) is 18.4 Å². The molecule has 4 heteroatoms. The zero-order chi connectivity index (χ0) is 13.8. The average Bonchev–Trinajstić information content (AvgIpc) is 2.41. The molecule has 0 aromatic heterocycles. The molecule has 1 aromatic rings. The van der Waals surface area contributed by atoms with Crippen molar-refractivity contribution in [3.8, 4) is 0 Å². The van der Waals surface area contributed by atoms with E-state index in [1.165, 1.54) is 5.56 Å². The highest BCUT2D eigenvalue weighted by molar-refractivity contribution is 9.10. The standard InChI is InChI=1S/C15H21BrN2O/c1-17(2)15(19)13-4-3-9-18(11-13)10-12-5-7-14(16)8-6-12/h5-8,13H,3-4,9-11H2,1-2H3. The zero-order valence-corrected chi connectivity index (χ0v) is 13.2. The highest BCUT2D eigenvalue weighted by Gasteiger charge is 2.26. The lowest BCUT2D eigenvalue weighted by Gasteiger charge is -2.33. The molecule has 1 unspecified atom stereocenters. The van der Waals surface area contributed by atoms with Gasteiger partial charge in [-0.25, -0.2) is 0 Å². The Kier molecular flexibility index (Phi) is 4.99. The van der Waals surface area contributed by atoms with Crippen molar-refractivity contribution in [1.29, 1.82) is 0 Å². The molecule has 1 atom stereocenters. The summed E-state index contributed by atoms with van der Waals surface area (Å²) >= 11 is 3.45. The second-order valence-corrected chi connectivity index (χ2v) is 6.35. The summed E-state index contributed by atoms with van der Waals surface area (Å²) in [5.74, 6) is 0.430. The lowest BCUT2D eigenvalue weighted by Crippen LogP contribution is -2.42. The Morgan fingerprint density at radius 1 is 1.37 bits per heavy atom. The summed E-state index contributed by atoms with van der Waals surface area (Å²) in [4.78, 5) is 16.1. The number of nitrogens with zero attached hydrogens (tertiary/aromatic N) is 2. The summed E-state index contributed by atoms with van der Waals surface area (Å²) in [6.07, 6.45) is 2.13. The third-order valence-corrected chi connectivity index (χ3v) is 4.14. The number of carbonyl (C=O) groups is 1. The van der Waals surface area contributed by atoms with Gasteiger partial charge in [-0.05, 0) is 37.1 Å². The maximum absolute atomic E-state index is 12.0. The molecule has 0 spiro atoms. The Labute approximate surface area is 123 Å². The number of hydrogen-bond donors (Lipinski definition) is 0. The molecule has 1 heterocycles. The SMILES string of the molecule is CN(C)C(=O)C1CCCN(Cc2ccc(Br)cc2)C1. The predicted molar refractivity (Wildman–Crippen MR) is 80.8 cm³/mol. The first-order chi connectivity index (χ1) is 9.06. The molecule has 104 valence electrons. The van der Waals surface area contributed by atoms with Gasteiger partial charge in [0.05, 0.1) is 5.92 Å². The van der Waals surface area contributed by atoms with Gasteiger partial charge in [0.2, 0.25) is 5.91 Å². The van der Waals surface area contributed by atoms with E-state index in [0.29, 0.717) is 0 Å². The lowest BCUT2D eigenvalue weighted by molar-refractivity contribution is -0.134. The second-order valence-electron chi connectivity index (χ2n) is 5.43. The van der Waals surface area contributed by atoms with E-state index in [1.54, 1.807) is 4.90 Å².